The summed E-state index contributed by atoms with van der Waals surface area (Å²) in [5, 5.41) is 6.40. The third-order valence-electron chi connectivity index (χ3n) is 3.66. The molecule has 0 radical (unpaired) electrons. The third-order valence-corrected chi connectivity index (χ3v) is 3.66. The van der Waals surface area contributed by atoms with Crippen LogP contribution in [-0.2, 0) is 9.63 Å². The number of hydrogen-bond donors (Lipinski definition) is 1. The Hall–Kier alpha value is -3.09. The molecule has 1 amide bonds. The topological polar surface area (TPSA) is 69.1 Å². The van der Waals surface area contributed by atoms with Crippen LogP contribution in [0.4, 0.5) is 10.1 Å². The summed E-state index contributed by atoms with van der Waals surface area (Å²) in [5.74, 6) is 0.396. The molecule has 0 bridgehead atoms. The largest absolute Gasteiger partial charge is 0.497 e. The quantitative estimate of drug-likeness (QED) is 0.606. The number of carbonyl (C=O) groups is 1. The van der Waals surface area contributed by atoms with Crippen molar-refractivity contribution >= 4 is 17.8 Å². The number of nitrogens with zero attached hydrogens (tertiary/aromatic N) is 1. The highest BCUT2D eigenvalue weighted by atomic mass is 19.1. The van der Waals surface area contributed by atoms with Gasteiger partial charge in [-0.05, 0) is 49.7 Å². The predicted molar refractivity (Wildman–Crippen MR) is 97.5 cm³/mol. The van der Waals surface area contributed by atoms with Crippen LogP contribution >= 0.6 is 0 Å². The zero-order chi connectivity index (χ0) is 19.1. The number of methoxy groups -OCH3 is 2. The Labute approximate surface area is 151 Å². The number of carbonyl (C=O) groups excluding carboxylic acids is 1. The van der Waals surface area contributed by atoms with Gasteiger partial charge in [-0.25, -0.2) is 4.39 Å². The first-order valence-corrected chi connectivity index (χ1v) is 7.93. The molecular formula is C19H21FN2O4. The summed E-state index contributed by atoms with van der Waals surface area (Å²) in [4.78, 5) is 17.3. The molecule has 2 aromatic rings. The van der Waals surface area contributed by atoms with Gasteiger partial charge in [0.05, 0.1) is 20.4 Å². The minimum absolute atomic E-state index is 0.354. The molecule has 2 rings (SSSR count). The van der Waals surface area contributed by atoms with Crippen molar-refractivity contribution in [2.45, 2.75) is 20.0 Å². The van der Waals surface area contributed by atoms with Gasteiger partial charge in [0.15, 0.2) is 0 Å². The summed E-state index contributed by atoms with van der Waals surface area (Å²) in [6, 6.07) is 9.68. The van der Waals surface area contributed by atoms with Crippen LogP contribution in [-0.4, -0.2) is 32.4 Å². The standard InChI is InChI=1S/C19H21FN2O4/c1-12-5-6-15(10-17(12)20)22-19(23)13(2)26-21-11-14-9-16(24-3)7-8-18(14)25-4/h5-11,13H,1-4H3,(H,22,23)/b21-11+. The zero-order valence-corrected chi connectivity index (χ0v) is 15.1. The van der Waals surface area contributed by atoms with Crippen LogP contribution in [0.2, 0.25) is 0 Å². The molecule has 26 heavy (non-hydrogen) atoms. The maximum absolute atomic E-state index is 13.5. The van der Waals surface area contributed by atoms with E-state index in [1.54, 1.807) is 51.3 Å². The summed E-state index contributed by atoms with van der Waals surface area (Å²) in [7, 11) is 3.09. The molecule has 0 aliphatic carbocycles. The fourth-order valence-corrected chi connectivity index (χ4v) is 2.08. The number of ether oxygens (including phenoxy) is 2. The molecule has 0 heterocycles. The normalized spacial score (nSPS) is 11.9. The number of rotatable bonds is 7. The molecule has 0 aliphatic rings. The highest BCUT2D eigenvalue weighted by Crippen LogP contribution is 2.22. The van der Waals surface area contributed by atoms with E-state index in [9.17, 15) is 9.18 Å². The molecular weight excluding hydrogens is 339 g/mol. The van der Waals surface area contributed by atoms with Gasteiger partial charge in [0, 0.05) is 11.3 Å². The number of hydrogen-bond acceptors (Lipinski definition) is 5. The lowest BCUT2D eigenvalue weighted by molar-refractivity contribution is -0.126. The molecule has 0 aromatic heterocycles. The van der Waals surface area contributed by atoms with Crippen LogP contribution in [0.3, 0.4) is 0 Å². The molecule has 7 heteroatoms. The van der Waals surface area contributed by atoms with E-state index in [0.29, 0.717) is 28.3 Å². The van der Waals surface area contributed by atoms with Crippen LogP contribution in [0.15, 0.2) is 41.6 Å². The minimum Gasteiger partial charge on any atom is -0.497 e. The Morgan fingerprint density at radius 2 is 1.96 bits per heavy atom. The van der Waals surface area contributed by atoms with Crippen LogP contribution in [0.1, 0.15) is 18.1 Å². The van der Waals surface area contributed by atoms with E-state index in [4.69, 9.17) is 14.3 Å². The maximum atomic E-state index is 13.5. The number of amides is 1. The molecule has 0 spiro atoms. The van der Waals surface area contributed by atoms with Gasteiger partial charge < -0.3 is 19.6 Å². The lowest BCUT2D eigenvalue weighted by atomic mass is 10.2. The SMILES string of the molecule is COc1ccc(OC)c(/C=N/OC(C)C(=O)Nc2ccc(C)c(F)c2)c1. The van der Waals surface area contributed by atoms with Crippen molar-refractivity contribution in [2.24, 2.45) is 5.16 Å². The highest BCUT2D eigenvalue weighted by molar-refractivity contribution is 5.94. The molecule has 1 unspecified atom stereocenters. The molecule has 0 saturated carbocycles. The van der Waals surface area contributed by atoms with Crippen molar-refractivity contribution in [1.82, 2.24) is 0 Å². The summed E-state index contributed by atoms with van der Waals surface area (Å²) in [6.07, 6.45) is 0.559. The third kappa shape index (κ3) is 4.95. The highest BCUT2D eigenvalue weighted by Gasteiger charge is 2.15. The Kier molecular flexibility index (Phi) is 6.54. The average molecular weight is 360 g/mol. The first-order chi connectivity index (χ1) is 12.4. The first-order valence-electron chi connectivity index (χ1n) is 7.93. The number of oxime groups is 1. The summed E-state index contributed by atoms with van der Waals surface area (Å²) in [5.41, 5.74) is 1.50. The van der Waals surface area contributed by atoms with E-state index in [-0.39, 0.29) is 5.82 Å². The van der Waals surface area contributed by atoms with Crippen molar-refractivity contribution < 1.29 is 23.5 Å². The smallest absolute Gasteiger partial charge is 0.267 e. The Morgan fingerprint density at radius 3 is 2.62 bits per heavy atom. The van der Waals surface area contributed by atoms with Gasteiger partial charge in [0.2, 0.25) is 6.10 Å². The van der Waals surface area contributed by atoms with Gasteiger partial charge in [0.25, 0.3) is 5.91 Å². The van der Waals surface area contributed by atoms with Gasteiger partial charge in [0.1, 0.15) is 17.3 Å². The molecule has 1 N–H and O–H groups in total. The van der Waals surface area contributed by atoms with Crippen LogP contribution in [0.5, 0.6) is 11.5 Å². The molecule has 2 aromatic carbocycles. The first kappa shape index (κ1) is 19.2. The van der Waals surface area contributed by atoms with E-state index < -0.39 is 12.0 Å². The van der Waals surface area contributed by atoms with E-state index >= 15 is 0 Å². The second kappa shape index (κ2) is 8.84. The van der Waals surface area contributed by atoms with Crippen molar-refractivity contribution in [1.29, 1.82) is 0 Å². The monoisotopic (exact) mass is 360 g/mol. The second-order valence-corrected chi connectivity index (χ2v) is 5.54. The minimum atomic E-state index is -0.868. The van der Waals surface area contributed by atoms with Crippen LogP contribution < -0.4 is 14.8 Å². The fourth-order valence-electron chi connectivity index (χ4n) is 2.08. The number of anilines is 1. The molecule has 1 atom stereocenters. The van der Waals surface area contributed by atoms with Gasteiger partial charge in [-0.15, -0.1) is 0 Å². The van der Waals surface area contributed by atoms with Crippen molar-refractivity contribution in [3.8, 4) is 11.5 Å². The van der Waals surface area contributed by atoms with Gasteiger partial charge in [-0.2, -0.15) is 0 Å². The van der Waals surface area contributed by atoms with E-state index in [1.165, 1.54) is 19.4 Å². The van der Waals surface area contributed by atoms with Crippen LogP contribution in [0, 0.1) is 12.7 Å². The molecule has 0 saturated heterocycles. The van der Waals surface area contributed by atoms with Gasteiger partial charge in [-0.1, -0.05) is 11.2 Å². The molecule has 0 fully saturated rings. The van der Waals surface area contributed by atoms with E-state index in [0.717, 1.165) is 0 Å². The lowest BCUT2D eigenvalue weighted by Gasteiger charge is -2.11. The number of nitrogens with one attached hydrogen (secondary N) is 1. The fraction of sp³-hybridized carbons (Fsp3) is 0.263. The molecule has 6 nitrogen and oxygen atoms in total. The Bertz CT molecular complexity index is 808. The Balaban J connectivity index is 1.98. The van der Waals surface area contributed by atoms with E-state index in [2.05, 4.69) is 10.5 Å². The molecule has 138 valence electrons. The number of benzene rings is 2. The summed E-state index contributed by atoms with van der Waals surface area (Å²) in [6.45, 7) is 3.19. The average Bonchev–Trinajstić information content (AvgIpc) is 2.64. The Morgan fingerprint density at radius 1 is 1.19 bits per heavy atom. The number of aryl methyl sites for hydroxylation is 1. The van der Waals surface area contributed by atoms with Crippen LogP contribution in [0.25, 0.3) is 0 Å². The lowest BCUT2D eigenvalue weighted by Crippen LogP contribution is -2.26. The summed E-state index contributed by atoms with van der Waals surface area (Å²) >= 11 is 0. The maximum Gasteiger partial charge on any atom is 0.267 e. The summed E-state index contributed by atoms with van der Waals surface area (Å²) < 4.78 is 23.9. The zero-order valence-electron chi connectivity index (χ0n) is 15.1. The van der Waals surface area contributed by atoms with Crippen molar-refractivity contribution in [3.63, 3.8) is 0 Å². The van der Waals surface area contributed by atoms with Gasteiger partial charge >= 0.3 is 0 Å². The molecule has 0 aliphatic heterocycles. The van der Waals surface area contributed by atoms with E-state index in [1.807, 2.05) is 0 Å². The van der Waals surface area contributed by atoms with Crippen molar-refractivity contribution in [2.75, 3.05) is 19.5 Å². The second-order valence-electron chi connectivity index (χ2n) is 5.54. The van der Waals surface area contributed by atoms with Crippen molar-refractivity contribution in [3.05, 3.63) is 53.3 Å². The van der Waals surface area contributed by atoms with Gasteiger partial charge in [-0.3, -0.25) is 4.79 Å². The predicted octanol–water partition coefficient (Wildman–Crippen LogP) is 3.53. The number of halogens is 1.